The lowest BCUT2D eigenvalue weighted by Gasteiger charge is -2.04. The second-order valence-corrected chi connectivity index (χ2v) is 5.14. The Morgan fingerprint density at radius 2 is 2.00 bits per heavy atom. The maximum absolute atomic E-state index is 5.69. The van der Waals surface area contributed by atoms with Gasteiger partial charge in [0, 0.05) is 6.54 Å². The van der Waals surface area contributed by atoms with Gasteiger partial charge >= 0.3 is 0 Å². The van der Waals surface area contributed by atoms with Crippen LogP contribution in [0, 0.1) is 0 Å². The Morgan fingerprint density at radius 3 is 2.83 bits per heavy atom. The fraction of sp³-hybridized carbons (Fsp3) is 0.125. The highest BCUT2D eigenvalue weighted by Crippen LogP contribution is 2.23. The number of nitrogens with zero attached hydrogens (tertiary/aromatic N) is 5. The van der Waals surface area contributed by atoms with E-state index in [1.807, 2.05) is 30.3 Å². The van der Waals surface area contributed by atoms with Crippen LogP contribution >= 0.6 is 0 Å². The summed E-state index contributed by atoms with van der Waals surface area (Å²) in [4.78, 5) is 8.57. The van der Waals surface area contributed by atoms with Gasteiger partial charge in [0.25, 0.3) is 0 Å². The van der Waals surface area contributed by atoms with Gasteiger partial charge in [-0.1, -0.05) is 29.5 Å². The van der Waals surface area contributed by atoms with Crippen molar-refractivity contribution in [3.63, 3.8) is 0 Å². The van der Waals surface area contributed by atoms with Crippen LogP contribution in [0.1, 0.15) is 11.1 Å². The largest absolute Gasteiger partial charge is 0.463 e. The summed E-state index contributed by atoms with van der Waals surface area (Å²) in [7, 11) is 0. The molecule has 4 rings (SSSR count). The van der Waals surface area contributed by atoms with Gasteiger partial charge in [0.15, 0.2) is 16.9 Å². The lowest BCUT2D eigenvalue weighted by Crippen LogP contribution is -2.04. The molecule has 0 amide bonds. The Hall–Kier alpha value is -3.06. The van der Waals surface area contributed by atoms with E-state index in [0.717, 1.165) is 11.1 Å². The zero-order valence-electron chi connectivity index (χ0n) is 12.3. The molecule has 3 aromatic heterocycles. The molecule has 0 aliphatic heterocycles. The molecule has 0 aliphatic carbocycles. The third-order valence-corrected chi connectivity index (χ3v) is 3.61. The van der Waals surface area contributed by atoms with Crippen LogP contribution in [-0.4, -0.2) is 25.0 Å². The van der Waals surface area contributed by atoms with Gasteiger partial charge in [0.1, 0.15) is 12.0 Å². The van der Waals surface area contributed by atoms with E-state index in [9.17, 15) is 0 Å². The van der Waals surface area contributed by atoms with Crippen LogP contribution in [-0.2, 0) is 13.1 Å². The van der Waals surface area contributed by atoms with Crippen molar-refractivity contribution in [1.29, 1.82) is 0 Å². The Labute approximate surface area is 131 Å². The van der Waals surface area contributed by atoms with Gasteiger partial charge in [0.2, 0.25) is 0 Å². The quantitative estimate of drug-likeness (QED) is 0.619. The number of benzene rings is 1. The lowest BCUT2D eigenvalue weighted by molar-refractivity contribution is 0.580. The van der Waals surface area contributed by atoms with Gasteiger partial charge in [-0.3, -0.25) is 0 Å². The molecule has 7 heteroatoms. The monoisotopic (exact) mass is 306 g/mol. The fourth-order valence-corrected chi connectivity index (χ4v) is 2.52. The Morgan fingerprint density at radius 1 is 1.09 bits per heavy atom. The molecule has 114 valence electrons. The van der Waals surface area contributed by atoms with Crippen LogP contribution in [0.15, 0.2) is 53.4 Å². The predicted molar refractivity (Wildman–Crippen MR) is 84.3 cm³/mol. The highest BCUT2D eigenvalue weighted by Gasteiger charge is 2.15. The van der Waals surface area contributed by atoms with E-state index in [-0.39, 0.29) is 0 Å². The van der Waals surface area contributed by atoms with Gasteiger partial charge in [0.05, 0.1) is 12.8 Å². The van der Waals surface area contributed by atoms with Gasteiger partial charge in [-0.25, -0.2) is 14.6 Å². The Bertz CT molecular complexity index is 944. The number of fused-ring (bicyclic) bond motifs is 1. The number of hydrogen-bond acceptors (Lipinski definition) is 6. The van der Waals surface area contributed by atoms with E-state index in [1.165, 1.54) is 6.33 Å². The molecule has 0 fully saturated rings. The summed E-state index contributed by atoms with van der Waals surface area (Å²) < 4.78 is 7.15. The van der Waals surface area contributed by atoms with E-state index in [4.69, 9.17) is 10.2 Å². The number of nitrogens with two attached hydrogens (primary N) is 1. The van der Waals surface area contributed by atoms with E-state index in [2.05, 4.69) is 26.3 Å². The van der Waals surface area contributed by atoms with Crippen molar-refractivity contribution < 1.29 is 4.42 Å². The standard InChI is InChI=1S/C16H14N6O/c17-8-11-3-1-4-12(7-11)9-22-16-15(20-21-22)14(18-10-19-16)13-5-2-6-23-13/h1-7,10H,8-9,17H2. The first kappa shape index (κ1) is 13.6. The number of rotatable bonds is 4. The number of hydrogen-bond donors (Lipinski definition) is 1. The molecule has 7 nitrogen and oxygen atoms in total. The highest BCUT2D eigenvalue weighted by atomic mass is 16.3. The summed E-state index contributed by atoms with van der Waals surface area (Å²) in [6.07, 6.45) is 3.10. The first-order valence-electron chi connectivity index (χ1n) is 7.21. The minimum absolute atomic E-state index is 0.511. The third kappa shape index (κ3) is 2.47. The second kappa shape index (κ2) is 5.62. The molecule has 23 heavy (non-hydrogen) atoms. The van der Waals surface area contributed by atoms with E-state index in [0.29, 0.717) is 35.7 Å². The van der Waals surface area contributed by atoms with Crippen molar-refractivity contribution in [1.82, 2.24) is 25.0 Å². The topological polar surface area (TPSA) is 95.7 Å². The minimum Gasteiger partial charge on any atom is -0.463 e. The van der Waals surface area contributed by atoms with Crippen molar-refractivity contribution in [2.45, 2.75) is 13.1 Å². The average Bonchev–Trinajstić information content (AvgIpc) is 3.25. The molecule has 0 saturated carbocycles. The predicted octanol–water partition coefficient (Wildman–Crippen LogP) is 1.99. The van der Waals surface area contributed by atoms with Crippen molar-refractivity contribution >= 4 is 11.2 Å². The van der Waals surface area contributed by atoms with Crippen LogP contribution in [0.2, 0.25) is 0 Å². The first-order chi connectivity index (χ1) is 11.3. The zero-order chi connectivity index (χ0) is 15.6. The summed E-state index contributed by atoms with van der Waals surface area (Å²) in [5.74, 6) is 0.648. The summed E-state index contributed by atoms with van der Waals surface area (Å²) in [5, 5.41) is 8.42. The molecule has 1 aromatic carbocycles. The van der Waals surface area contributed by atoms with Crippen LogP contribution < -0.4 is 5.73 Å². The van der Waals surface area contributed by atoms with Crippen LogP contribution in [0.5, 0.6) is 0 Å². The molecule has 2 N–H and O–H groups in total. The maximum Gasteiger partial charge on any atom is 0.182 e. The van der Waals surface area contributed by atoms with E-state index in [1.54, 1.807) is 10.9 Å². The molecule has 0 aliphatic rings. The first-order valence-corrected chi connectivity index (χ1v) is 7.21. The SMILES string of the molecule is NCc1cccc(Cn2nnc3c(-c4ccco4)ncnc32)c1. The molecule has 0 spiro atoms. The van der Waals surface area contributed by atoms with Gasteiger partial charge in [-0.05, 0) is 23.3 Å². The normalized spacial score (nSPS) is 11.2. The summed E-state index contributed by atoms with van der Waals surface area (Å²) in [6, 6.07) is 11.7. The Balaban J connectivity index is 1.75. The van der Waals surface area contributed by atoms with Crippen LogP contribution in [0.25, 0.3) is 22.6 Å². The van der Waals surface area contributed by atoms with Crippen LogP contribution in [0.3, 0.4) is 0 Å². The van der Waals surface area contributed by atoms with Crippen molar-refractivity contribution in [2.24, 2.45) is 5.73 Å². The van der Waals surface area contributed by atoms with E-state index >= 15 is 0 Å². The molecular weight excluding hydrogens is 292 g/mol. The molecule has 0 radical (unpaired) electrons. The molecule has 4 aromatic rings. The maximum atomic E-state index is 5.69. The molecular formula is C16H14N6O. The summed E-state index contributed by atoms with van der Waals surface area (Å²) in [6.45, 7) is 1.08. The molecule has 0 atom stereocenters. The fourth-order valence-electron chi connectivity index (χ4n) is 2.52. The molecule has 0 saturated heterocycles. The molecule has 0 unspecified atom stereocenters. The zero-order valence-corrected chi connectivity index (χ0v) is 12.3. The minimum atomic E-state index is 0.511. The highest BCUT2D eigenvalue weighted by molar-refractivity contribution is 5.84. The summed E-state index contributed by atoms with van der Waals surface area (Å²) >= 11 is 0. The number of aromatic nitrogens is 5. The number of furan rings is 1. The van der Waals surface area contributed by atoms with Gasteiger partial charge in [-0.15, -0.1) is 5.10 Å². The average molecular weight is 306 g/mol. The van der Waals surface area contributed by atoms with Gasteiger partial charge in [-0.2, -0.15) is 0 Å². The van der Waals surface area contributed by atoms with Crippen LogP contribution in [0.4, 0.5) is 0 Å². The molecule has 0 bridgehead atoms. The van der Waals surface area contributed by atoms with Crippen molar-refractivity contribution in [3.8, 4) is 11.5 Å². The summed E-state index contributed by atoms with van der Waals surface area (Å²) in [5.41, 5.74) is 9.80. The van der Waals surface area contributed by atoms with Gasteiger partial charge < -0.3 is 10.2 Å². The Kier molecular flexibility index (Phi) is 3.32. The van der Waals surface area contributed by atoms with Crippen molar-refractivity contribution in [3.05, 3.63) is 60.1 Å². The third-order valence-electron chi connectivity index (χ3n) is 3.61. The van der Waals surface area contributed by atoms with Crippen molar-refractivity contribution in [2.75, 3.05) is 0 Å². The second-order valence-electron chi connectivity index (χ2n) is 5.14. The lowest BCUT2D eigenvalue weighted by atomic mass is 10.1. The molecule has 3 heterocycles. The van der Waals surface area contributed by atoms with E-state index < -0.39 is 0 Å². The smallest absolute Gasteiger partial charge is 0.182 e.